The van der Waals surface area contributed by atoms with Crippen LogP contribution in [0.15, 0.2) is 57.4 Å². The largest absolute Gasteiger partial charge is 0.454 e. The van der Waals surface area contributed by atoms with Gasteiger partial charge in [0.25, 0.3) is 0 Å². The molecule has 96 valence electrons. The number of hydrogen-bond acceptors (Lipinski definition) is 4. The molecule has 0 N–H and O–H groups in total. The lowest BCUT2D eigenvalue weighted by Crippen LogP contribution is -2.00. The van der Waals surface area contributed by atoms with Gasteiger partial charge in [-0.15, -0.1) is 11.3 Å². The van der Waals surface area contributed by atoms with Gasteiger partial charge in [-0.25, -0.2) is 0 Å². The minimum absolute atomic E-state index is 0.537. The first-order valence-corrected chi connectivity index (χ1v) is 6.99. The van der Waals surface area contributed by atoms with Crippen molar-refractivity contribution in [2.24, 2.45) is 5.16 Å². The second-order valence-electron chi connectivity index (χ2n) is 3.98. The van der Waals surface area contributed by atoms with Gasteiger partial charge in [-0.1, -0.05) is 29.4 Å². The Kier molecular flexibility index (Phi) is 3.33. The van der Waals surface area contributed by atoms with Crippen LogP contribution in [0.3, 0.4) is 0 Å². The Hall–Kier alpha value is -2.07. The molecule has 0 aliphatic carbocycles. The van der Waals surface area contributed by atoms with Crippen LogP contribution in [0.5, 0.6) is 0 Å². The Morgan fingerprint density at radius 2 is 2.16 bits per heavy atom. The number of hydrogen-bond donors (Lipinski definition) is 0. The zero-order valence-corrected chi connectivity index (χ0v) is 11.3. The van der Waals surface area contributed by atoms with Crippen molar-refractivity contribution >= 4 is 28.0 Å². The molecule has 3 aromatic rings. The van der Waals surface area contributed by atoms with E-state index in [2.05, 4.69) is 5.16 Å². The normalized spacial score (nSPS) is 11.9. The smallest absolute Gasteiger partial charge is 0.162 e. The van der Waals surface area contributed by atoms with Gasteiger partial charge in [0.05, 0.1) is 4.88 Å². The number of furan rings is 1. The van der Waals surface area contributed by atoms with Gasteiger partial charge in [0.1, 0.15) is 12.2 Å². The van der Waals surface area contributed by atoms with Gasteiger partial charge in [0.2, 0.25) is 0 Å². The lowest BCUT2D eigenvalue weighted by molar-refractivity contribution is 0.159. The molecule has 0 fully saturated rings. The van der Waals surface area contributed by atoms with E-state index in [1.54, 1.807) is 11.3 Å². The molecular formula is C15H13NO2S. The second-order valence-corrected chi connectivity index (χ2v) is 4.93. The predicted octanol–water partition coefficient (Wildman–Crippen LogP) is 4.28. The predicted molar refractivity (Wildman–Crippen MR) is 77.8 cm³/mol. The van der Waals surface area contributed by atoms with Crippen molar-refractivity contribution in [2.45, 2.75) is 6.92 Å². The highest BCUT2D eigenvalue weighted by atomic mass is 32.1. The van der Waals surface area contributed by atoms with Crippen LogP contribution >= 0.6 is 11.3 Å². The molecule has 0 aliphatic rings. The number of rotatable bonds is 4. The summed E-state index contributed by atoms with van der Waals surface area (Å²) in [5.41, 5.74) is 1.60. The van der Waals surface area contributed by atoms with Gasteiger partial charge in [0.15, 0.2) is 11.5 Å². The summed E-state index contributed by atoms with van der Waals surface area (Å²) in [7, 11) is 0. The number of para-hydroxylation sites is 1. The summed E-state index contributed by atoms with van der Waals surface area (Å²) in [6.45, 7) is 2.45. The Labute approximate surface area is 115 Å². The summed E-state index contributed by atoms with van der Waals surface area (Å²) >= 11 is 1.62. The topological polar surface area (TPSA) is 34.7 Å². The Morgan fingerprint density at radius 3 is 2.89 bits per heavy atom. The van der Waals surface area contributed by atoms with Crippen LogP contribution in [0, 0.1) is 0 Å². The summed E-state index contributed by atoms with van der Waals surface area (Å²) in [4.78, 5) is 6.24. The maximum Gasteiger partial charge on any atom is 0.162 e. The van der Waals surface area contributed by atoms with Gasteiger partial charge in [0, 0.05) is 5.39 Å². The summed E-state index contributed by atoms with van der Waals surface area (Å²) in [5, 5.41) is 7.26. The molecule has 0 saturated heterocycles. The molecular weight excluding hydrogens is 258 g/mol. The average Bonchev–Trinajstić information content (AvgIpc) is 3.08. The Bertz CT molecular complexity index is 665. The maximum absolute atomic E-state index is 5.85. The van der Waals surface area contributed by atoms with Crippen LogP contribution in [0.1, 0.15) is 17.6 Å². The van der Waals surface area contributed by atoms with E-state index < -0.39 is 0 Å². The van der Waals surface area contributed by atoms with Crippen molar-refractivity contribution in [3.05, 3.63) is 58.5 Å². The maximum atomic E-state index is 5.85. The zero-order chi connectivity index (χ0) is 13.1. The summed E-state index contributed by atoms with van der Waals surface area (Å²) < 4.78 is 5.85. The number of fused-ring (bicyclic) bond motifs is 1. The monoisotopic (exact) mass is 271 g/mol. The lowest BCUT2D eigenvalue weighted by Gasteiger charge is -2.00. The number of nitrogens with zero attached hydrogens (tertiary/aromatic N) is 1. The second kappa shape index (κ2) is 5.28. The third-order valence-corrected chi connectivity index (χ3v) is 3.58. The van der Waals surface area contributed by atoms with Gasteiger partial charge >= 0.3 is 0 Å². The third kappa shape index (κ3) is 2.39. The van der Waals surface area contributed by atoms with E-state index >= 15 is 0 Å². The van der Waals surface area contributed by atoms with Crippen LogP contribution in [0.2, 0.25) is 0 Å². The summed E-state index contributed by atoms with van der Waals surface area (Å²) in [6.07, 6.45) is 0. The molecule has 0 radical (unpaired) electrons. The van der Waals surface area contributed by atoms with E-state index in [1.165, 1.54) is 0 Å². The van der Waals surface area contributed by atoms with Crippen molar-refractivity contribution in [3.63, 3.8) is 0 Å². The highest BCUT2D eigenvalue weighted by Crippen LogP contribution is 2.23. The molecule has 3 nitrogen and oxygen atoms in total. The third-order valence-electron chi connectivity index (χ3n) is 2.70. The fourth-order valence-electron chi connectivity index (χ4n) is 1.85. The van der Waals surface area contributed by atoms with E-state index in [1.807, 2.05) is 54.8 Å². The summed E-state index contributed by atoms with van der Waals surface area (Å²) in [5.74, 6) is 0.733. The molecule has 19 heavy (non-hydrogen) atoms. The average molecular weight is 271 g/mol. The van der Waals surface area contributed by atoms with Crippen LogP contribution in [-0.4, -0.2) is 12.3 Å². The number of benzene rings is 1. The first kappa shape index (κ1) is 12.0. The molecule has 2 aromatic heterocycles. The van der Waals surface area contributed by atoms with Gasteiger partial charge in [-0.05, 0) is 30.5 Å². The van der Waals surface area contributed by atoms with E-state index in [0.717, 1.165) is 27.3 Å². The molecule has 0 aliphatic heterocycles. The number of oxime groups is 1. The molecule has 1 aromatic carbocycles. The molecule has 4 heteroatoms. The zero-order valence-electron chi connectivity index (χ0n) is 10.5. The lowest BCUT2D eigenvalue weighted by atomic mass is 10.2. The van der Waals surface area contributed by atoms with E-state index in [-0.39, 0.29) is 0 Å². The van der Waals surface area contributed by atoms with Crippen LogP contribution in [-0.2, 0) is 4.84 Å². The minimum Gasteiger partial charge on any atom is -0.454 e. The van der Waals surface area contributed by atoms with Gasteiger partial charge in [-0.2, -0.15) is 0 Å². The van der Waals surface area contributed by atoms with E-state index in [4.69, 9.17) is 9.25 Å². The van der Waals surface area contributed by atoms with E-state index in [0.29, 0.717) is 6.61 Å². The molecule has 0 atom stereocenters. The van der Waals surface area contributed by atoms with Crippen molar-refractivity contribution in [3.8, 4) is 0 Å². The SMILES string of the molecule is CCO/N=C(\c1cc2ccccc2o1)c1cccs1. The van der Waals surface area contributed by atoms with Crippen LogP contribution in [0.25, 0.3) is 11.0 Å². The highest BCUT2D eigenvalue weighted by molar-refractivity contribution is 7.12. The molecule has 3 rings (SSSR count). The van der Waals surface area contributed by atoms with Gasteiger partial charge in [-0.3, -0.25) is 0 Å². The Morgan fingerprint density at radius 1 is 1.26 bits per heavy atom. The molecule has 2 heterocycles. The number of thiophene rings is 1. The van der Waals surface area contributed by atoms with E-state index in [9.17, 15) is 0 Å². The van der Waals surface area contributed by atoms with Gasteiger partial charge < -0.3 is 9.25 Å². The fourth-order valence-corrected chi connectivity index (χ4v) is 2.56. The highest BCUT2D eigenvalue weighted by Gasteiger charge is 2.14. The molecule has 0 bridgehead atoms. The first-order valence-electron chi connectivity index (χ1n) is 6.11. The fraction of sp³-hybridized carbons (Fsp3) is 0.133. The molecule has 0 amide bonds. The molecule has 0 spiro atoms. The standard InChI is InChI=1S/C15H13NO2S/c1-2-17-16-15(14-8-5-9-19-14)13-10-11-6-3-4-7-12(11)18-13/h3-10H,2H2,1H3/b16-15+. The van der Waals surface area contributed by atoms with Crippen molar-refractivity contribution in [2.75, 3.05) is 6.61 Å². The molecule has 0 saturated carbocycles. The van der Waals surface area contributed by atoms with Crippen molar-refractivity contribution in [1.29, 1.82) is 0 Å². The molecule has 0 unspecified atom stereocenters. The Balaban J connectivity index is 2.08. The first-order chi connectivity index (χ1) is 9.38. The summed E-state index contributed by atoms with van der Waals surface area (Å²) in [6, 6.07) is 13.9. The van der Waals surface area contributed by atoms with Crippen molar-refractivity contribution < 1.29 is 9.25 Å². The minimum atomic E-state index is 0.537. The quantitative estimate of drug-likeness (QED) is 0.524. The van der Waals surface area contributed by atoms with Crippen LogP contribution < -0.4 is 0 Å². The van der Waals surface area contributed by atoms with Crippen molar-refractivity contribution in [1.82, 2.24) is 0 Å². The van der Waals surface area contributed by atoms with Crippen LogP contribution in [0.4, 0.5) is 0 Å².